The highest BCUT2D eigenvalue weighted by molar-refractivity contribution is 5.94. The van der Waals surface area contributed by atoms with E-state index in [0.29, 0.717) is 35.7 Å². The van der Waals surface area contributed by atoms with Gasteiger partial charge in [0.25, 0.3) is 0 Å². The fourth-order valence-corrected chi connectivity index (χ4v) is 7.04. The minimum atomic E-state index is -0.984. The zero-order valence-electron chi connectivity index (χ0n) is 25.9. The summed E-state index contributed by atoms with van der Waals surface area (Å²) < 4.78 is 3.93. The Morgan fingerprint density at radius 1 is 0.933 bits per heavy atom. The highest BCUT2D eigenvalue weighted by atomic mass is 16.4. The zero-order chi connectivity index (χ0) is 31.1. The summed E-state index contributed by atoms with van der Waals surface area (Å²) in [5, 5.41) is 15.1. The SMILES string of the molecule is CCc1cc(Cn2ccc3cccc(-c4cccc(-n5ncc(C(=O)O)c5CC)n4)c32)ccc1C1CCN(C(=O)C2CC2)CC1. The van der Waals surface area contributed by atoms with Crippen LogP contribution >= 0.6 is 0 Å². The standard InChI is InChI=1S/C37H39N5O3/c1-3-25-21-24(11-14-29(25)26-15-18-40(19-16-26)36(43)28-12-13-28)23-41-20-17-27-7-5-8-30(35(27)41)32-9-6-10-34(39-32)42-33(4-2)31(22-38-42)37(44)45/h5-11,14,17,20-22,26,28H,3-4,12-13,15-16,18-19,23H2,1-2H3,(H,44,45). The Labute approximate surface area is 263 Å². The van der Waals surface area contributed by atoms with Gasteiger partial charge in [-0.2, -0.15) is 5.10 Å². The Morgan fingerprint density at radius 3 is 2.47 bits per heavy atom. The normalized spacial score (nSPS) is 15.6. The first kappa shape index (κ1) is 29.0. The highest BCUT2D eigenvalue weighted by Crippen LogP contribution is 2.36. The van der Waals surface area contributed by atoms with E-state index in [4.69, 9.17) is 4.98 Å². The Bertz CT molecular complexity index is 1890. The summed E-state index contributed by atoms with van der Waals surface area (Å²) in [6.45, 7) is 6.65. The van der Waals surface area contributed by atoms with Crippen LogP contribution in [-0.2, 0) is 24.2 Å². The molecule has 7 rings (SSSR count). The van der Waals surface area contributed by atoms with Crippen LogP contribution in [0.2, 0.25) is 0 Å². The van der Waals surface area contributed by atoms with Crippen LogP contribution in [0, 0.1) is 5.92 Å². The van der Waals surface area contributed by atoms with Gasteiger partial charge in [-0.05, 0) is 79.3 Å². The van der Waals surface area contributed by atoms with Gasteiger partial charge in [0, 0.05) is 42.7 Å². The van der Waals surface area contributed by atoms with Gasteiger partial charge in [-0.1, -0.05) is 56.3 Å². The predicted molar refractivity (Wildman–Crippen MR) is 175 cm³/mol. The molecule has 8 heteroatoms. The van der Waals surface area contributed by atoms with Gasteiger partial charge in [0.15, 0.2) is 5.82 Å². The van der Waals surface area contributed by atoms with Crippen molar-refractivity contribution >= 4 is 22.8 Å². The smallest absolute Gasteiger partial charge is 0.339 e. The van der Waals surface area contributed by atoms with Crippen LogP contribution in [0.25, 0.3) is 28.0 Å². The minimum Gasteiger partial charge on any atom is -0.478 e. The summed E-state index contributed by atoms with van der Waals surface area (Å²) in [6.07, 6.45) is 9.28. The molecular weight excluding hydrogens is 562 g/mol. The number of likely N-dealkylation sites (tertiary alicyclic amines) is 1. The molecule has 5 aromatic rings. The van der Waals surface area contributed by atoms with Gasteiger partial charge in [-0.3, -0.25) is 4.79 Å². The largest absolute Gasteiger partial charge is 0.478 e. The van der Waals surface area contributed by atoms with Crippen molar-refractivity contribution in [2.75, 3.05) is 13.1 Å². The molecule has 2 aliphatic rings. The van der Waals surface area contributed by atoms with E-state index in [1.165, 1.54) is 22.9 Å². The number of benzene rings is 2. The van der Waals surface area contributed by atoms with Crippen LogP contribution in [0.4, 0.5) is 0 Å². The molecule has 2 fully saturated rings. The zero-order valence-corrected chi connectivity index (χ0v) is 25.9. The molecule has 4 heterocycles. The molecule has 1 saturated carbocycles. The number of nitrogens with zero attached hydrogens (tertiary/aromatic N) is 5. The maximum absolute atomic E-state index is 12.6. The molecule has 8 nitrogen and oxygen atoms in total. The first-order valence-corrected chi connectivity index (χ1v) is 16.2. The van der Waals surface area contributed by atoms with Crippen molar-refractivity contribution < 1.29 is 14.7 Å². The van der Waals surface area contributed by atoms with Crippen molar-refractivity contribution in [3.05, 3.63) is 101 Å². The number of carbonyl (C=O) groups excluding carboxylic acids is 1. The van der Waals surface area contributed by atoms with E-state index in [1.807, 2.05) is 25.1 Å². The van der Waals surface area contributed by atoms with Crippen molar-refractivity contribution in [3.63, 3.8) is 0 Å². The average Bonchev–Trinajstić information content (AvgIpc) is 3.70. The number of carboxylic acid groups (broad SMARTS) is 1. The lowest BCUT2D eigenvalue weighted by Crippen LogP contribution is -2.38. The van der Waals surface area contributed by atoms with E-state index in [2.05, 4.69) is 70.2 Å². The van der Waals surface area contributed by atoms with Crippen LogP contribution in [0.3, 0.4) is 0 Å². The number of fused-ring (bicyclic) bond motifs is 1. The predicted octanol–water partition coefficient (Wildman–Crippen LogP) is 6.88. The van der Waals surface area contributed by atoms with Crippen LogP contribution < -0.4 is 0 Å². The molecule has 0 atom stereocenters. The lowest BCUT2D eigenvalue weighted by Gasteiger charge is -2.33. The van der Waals surface area contributed by atoms with Crippen LogP contribution in [0.5, 0.6) is 0 Å². The Balaban J connectivity index is 1.16. The van der Waals surface area contributed by atoms with Gasteiger partial charge in [0.05, 0.1) is 23.1 Å². The Kier molecular flexibility index (Phi) is 7.73. The molecule has 1 aliphatic carbocycles. The lowest BCUT2D eigenvalue weighted by molar-refractivity contribution is -0.133. The maximum Gasteiger partial charge on any atom is 0.339 e. The van der Waals surface area contributed by atoms with E-state index in [1.54, 1.807) is 4.68 Å². The molecule has 0 radical (unpaired) electrons. The first-order chi connectivity index (χ1) is 21.9. The van der Waals surface area contributed by atoms with Gasteiger partial charge < -0.3 is 14.6 Å². The molecule has 1 saturated heterocycles. The second-order valence-electron chi connectivity index (χ2n) is 12.4. The molecule has 45 heavy (non-hydrogen) atoms. The Morgan fingerprint density at radius 2 is 1.73 bits per heavy atom. The average molecular weight is 602 g/mol. The van der Waals surface area contributed by atoms with E-state index in [9.17, 15) is 14.7 Å². The molecule has 2 aromatic carbocycles. The number of piperidine rings is 1. The van der Waals surface area contributed by atoms with Gasteiger partial charge in [-0.15, -0.1) is 0 Å². The second-order valence-corrected chi connectivity index (χ2v) is 12.4. The van der Waals surface area contributed by atoms with Crippen molar-refractivity contribution in [3.8, 4) is 17.1 Å². The summed E-state index contributed by atoms with van der Waals surface area (Å²) in [7, 11) is 0. The molecule has 3 aromatic heterocycles. The van der Waals surface area contributed by atoms with Gasteiger partial charge in [0.2, 0.25) is 5.91 Å². The van der Waals surface area contributed by atoms with Gasteiger partial charge in [0.1, 0.15) is 5.56 Å². The van der Waals surface area contributed by atoms with E-state index in [0.717, 1.165) is 73.9 Å². The number of amides is 1. The number of hydrogen-bond donors (Lipinski definition) is 1. The fourth-order valence-electron chi connectivity index (χ4n) is 7.04. The van der Waals surface area contributed by atoms with Gasteiger partial charge in [-0.25, -0.2) is 14.5 Å². The number of aromatic carboxylic acids is 1. The summed E-state index contributed by atoms with van der Waals surface area (Å²) in [4.78, 5) is 31.3. The third kappa shape index (κ3) is 5.54. The molecule has 1 amide bonds. The van der Waals surface area contributed by atoms with Crippen LogP contribution in [0.15, 0.2) is 73.1 Å². The summed E-state index contributed by atoms with van der Waals surface area (Å²) in [6, 6.07) is 21.2. The van der Waals surface area contributed by atoms with Crippen molar-refractivity contribution in [1.82, 2.24) is 24.2 Å². The number of aromatic nitrogens is 4. The van der Waals surface area contributed by atoms with Crippen molar-refractivity contribution in [2.24, 2.45) is 5.92 Å². The third-order valence-corrected chi connectivity index (χ3v) is 9.56. The van der Waals surface area contributed by atoms with Crippen molar-refractivity contribution in [1.29, 1.82) is 0 Å². The number of para-hydroxylation sites is 1. The van der Waals surface area contributed by atoms with E-state index in [-0.39, 0.29) is 5.56 Å². The summed E-state index contributed by atoms with van der Waals surface area (Å²) in [5.41, 5.74) is 7.86. The molecule has 0 bridgehead atoms. The third-order valence-electron chi connectivity index (χ3n) is 9.56. The summed E-state index contributed by atoms with van der Waals surface area (Å²) >= 11 is 0. The molecule has 0 unspecified atom stereocenters. The Hall–Kier alpha value is -4.72. The minimum absolute atomic E-state index is 0.201. The second kappa shape index (κ2) is 12.0. The maximum atomic E-state index is 12.6. The first-order valence-electron chi connectivity index (χ1n) is 16.2. The van der Waals surface area contributed by atoms with Gasteiger partial charge >= 0.3 is 5.97 Å². The fraction of sp³-hybridized carbons (Fsp3) is 0.351. The number of pyridine rings is 1. The van der Waals surface area contributed by atoms with E-state index >= 15 is 0 Å². The number of carbonyl (C=O) groups is 2. The number of rotatable bonds is 9. The highest BCUT2D eigenvalue weighted by Gasteiger charge is 2.35. The molecule has 1 aliphatic heterocycles. The summed E-state index contributed by atoms with van der Waals surface area (Å²) in [5.74, 6) is 0.789. The topological polar surface area (TPSA) is 93.2 Å². The van der Waals surface area contributed by atoms with Crippen LogP contribution in [-0.4, -0.2) is 54.3 Å². The lowest BCUT2D eigenvalue weighted by atomic mass is 9.85. The molecule has 0 spiro atoms. The number of carboxylic acids is 1. The van der Waals surface area contributed by atoms with E-state index < -0.39 is 5.97 Å². The monoisotopic (exact) mass is 601 g/mol. The van der Waals surface area contributed by atoms with Crippen molar-refractivity contribution in [2.45, 2.75) is 64.8 Å². The number of aryl methyl sites for hydroxylation is 1. The molecule has 1 N–H and O–H groups in total. The molecule has 230 valence electrons. The molecular formula is C37H39N5O3. The quantitative estimate of drug-likeness (QED) is 0.199. The van der Waals surface area contributed by atoms with Crippen LogP contribution in [0.1, 0.15) is 78.2 Å². The number of hydrogen-bond acceptors (Lipinski definition) is 4.